The van der Waals surface area contributed by atoms with Crippen molar-refractivity contribution < 1.29 is 14.3 Å². The van der Waals surface area contributed by atoms with Gasteiger partial charge in [0.15, 0.2) is 0 Å². The number of carbonyl (C=O) groups excluding carboxylic acids is 1. The molecule has 0 radical (unpaired) electrons. The molecule has 0 bridgehead atoms. The Morgan fingerprint density at radius 3 is 2.95 bits per heavy atom. The Labute approximate surface area is 134 Å². The largest absolute Gasteiger partial charge is 0.378 e. The lowest BCUT2D eigenvalue weighted by Crippen LogP contribution is -2.46. The molecule has 6 heteroatoms. The van der Waals surface area contributed by atoms with Gasteiger partial charge in [0.05, 0.1) is 19.3 Å². The van der Waals surface area contributed by atoms with Crippen molar-refractivity contribution in [3.05, 3.63) is 22.4 Å². The van der Waals surface area contributed by atoms with Crippen LogP contribution in [0.3, 0.4) is 0 Å². The molecule has 4 rings (SSSR count). The summed E-state index contributed by atoms with van der Waals surface area (Å²) >= 11 is 1.80. The first-order valence-corrected chi connectivity index (χ1v) is 8.97. The van der Waals surface area contributed by atoms with Crippen molar-refractivity contribution in [2.24, 2.45) is 0 Å². The first-order valence-electron chi connectivity index (χ1n) is 8.10. The predicted octanol–water partition coefficient (Wildman–Crippen LogP) is 1.34. The molecule has 22 heavy (non-hydrogen) atoms. The van der Waals surface area contributed by atoms with Crippen LogP contribution in [0.15, 0.2) is 17.5 Å². The van der Waals surface area contributed by atoms with Crippen molar-refractivity contribution >= 4 is 17.2 Å². The quantitative estimate of drug-likeness (QED) is 0.842. The highest BCUT2D eigenvalue weighted by Crippen LogP contribution is 2.35. The van der Waals surface area contributed by atoms with E-state index in [1.807, 2.05) is 4.90 Å². The summed E-state index contributed by atoms with van der Waals surface area (Å²) in [5.41, 5.74) is 0. The summed E-state index contributed by atoms with van der Waals surface area (Å²) < 4.78 is 11.4. The maximum absolute atomic E-state index is 12.6. The summed E-state index contributed by atoms with van der Waals surface area (Å²) in [6.45, 7) is 4.76. The molecular weight excluding hydrogens is 300 g/mol. The van der Waals surface area contributed by atoms with E-state index in [0.717, 1.165) is 25.9 Å². The molecule has 3 aliphatic rings. The van der Waals surface area contributed by atoms with E-state index < -0.39 is 0 Å². The third kappa shape index (κ3) is 2.80. The molecule has 0 unspecified atom stereocenters. The third-order valence-corrected chi connectivity index (χ3v) is 5.79. The Bertz CT molecular complexity index is 515. The normalized spacial score (nSPS) is 32.4. The number of amides is 1. The van der Waals surface area contributed by atoms with Gasteiger partial charge in [0, 0.05) is 43.5 Å². The van der Waals surface area contributed by atoms with Gasteiger partial charge < -0.3 is 14.4 Å². The number of rotatable bonds is 3. The van der Waals surface area contributed by atoms with Gasteiger partial charge in [-0.2, -0.15) is 0 Å². The summed E-state index contributed by atoms with van der Waals surface area (Å²) in [5.74, 6) is 0.161. The fourth-order valence-corrected chi connectivity index (χ4v) is 4.51. The molecule has 0 aromatic carbocycles. The molecule has 0 N–H and O–H groups in total. The Morgan fingerprint density at radius 1 is 1.32 bits per heavy atom. The van der Waals surface area contributed by atoms with Crippen molar-refractivity contribution in [2.45, 2.75) is 37.6 Å². The van der Waals surface area contributed by atoms with Gasteiger partial charge in [0.25, 0.3) is 5.91 Å². The van der Waals surface area contributed by atoms with Gasteiger partial charge in [0.1, 0.15) is 6.10 Å². The van der Waals surface area contributed by atoms with Crippen LogP contribution in [0.2, 0.25) is 0 Å². The van der Waals surface area contributed by atoms with Crippen LogP contribution >= 0.6 is 11.3 Å². The standard InChI is InChI=1S/C16H22N2O3S/c19-16(17-5-7-20-8-6-17)15-10-13-14(21-15)3-4-18(13)11-12-2-1-9-22-12/h1-2,9,13-15H,3-8,10-11H2/t13-,14-,15+/m0/s1. The summed E-state index contributed by atoms with van der Waals surface area (Å²) in [4.78, 5) is 18.4. The fraction of sp³-hybridized carbons (Fsp3) is 0.688. The Balaban J connectivity index is 1.38. The number of nitrogens with zero attached hydrogens (tertiary/aromatic N) is 2. The predicted molar refractivity (Wildman–Crippen MR) is 83.8 cm³/mol. The zero-order valence-electron chi connectivity index (χ0n) is 12.6. The average molecular weight is 322 g/mol. The van der Waals surface area contributed by atoms with Crippen molar-refractivity contribution in [3.8, 4) is 0 Å². The number of hydrogen-bond acceptors (Lipinski definition) is 5. The van der Waals surface area contributed by atoms with Crippen molar-refractivity contribution in [1.82, 2.24) is 9.80 Å². The molecular formula is C16H22N2O3S. The minimum Gasteiger partial charge on any atom is -0.378 e. The van der Waals surface area contributed by atoms with Crippen molar-refractivity contribution in [2.75, 3.05) is 32.8 Å². The van der Waals surface area contributed by atoms with E-state index in [-0.39, 0.29) is 18.1 Å². The van der Waals surface area contributed by atoms with Gasteiger partial charge in [-0.3, -0.25) is 9.69 Å². The van der Waals surface area contributed by atoms with E-state index in [0.29, 0.717) is 32.3 Å². The number of hydrogen-bond donors (Lipinski definition) is 0. The van der Waals surface area contributed by atoms with E-state index >= 15 is 0 Å². The topological polar surface area (TPSA) is 42.0 Å². The van der Waals surface area contributed by atoms with Gasteiger partial charge >= 0.3 is 0 Å². The first-order chi connectivity index (χ1) is 10.8. The molecule has 4 heterocycles. The highest BCUT2D eigenvalue weighted by molar-refractivity contribution is 7.09. The van der Waals surface area contributed by atoms with E-state index in [9.17, 15) is 4.79 Å². The molecule has 3 atom stereocenters. The smallest absolute Gasteiger partial charge is 0.251 e. The molecule has 0 saturated carbocycles. The van der Waals surface area contributed by atoms with Crippen LogP contribution in [0.1, 0.15) is 17.7 Å². The summed E-state index contributed by atoms with van der Waals surface area (Å²) in [5, 5.41) is 2.12. The number of ether oxygens (including phenoxy) is 2. The second kappa shape index (κ2) is 6.28. The van der Waals surface area contributed by atoms with Crippen LogP contribution in [0, 0.1) is 0 Å². The highest BCUT2D eigenvalue weighted by Gasteiger charge is 2.46. The molecule has 1 aromatic rings. The molecule has 3 aliphatic heterocycles. The van der Waals surface area contributed by atoms with E-state index in [4.69, 9.17) is 9.47 Å². The fourth-order valence-electron chi connectivity index (χ4n) is 3.78. The maximum Gasteiger partial charge on any atom is 0.251 e. The zero-order valence-corrected chi connectivity index (χ0v) is 13.5. The van der Waals surface area contributed by atoms with Gasteiger partial charge in [-0.25, -0.2) is 0 Å². The minimum absolute atomic E-state index is 0.161. The second-order valence-corrected chi connectivity index (χ2v) is 7.27. The zero-order chi connectivity index (χ0) is 14.9. The van der Waals surface area contributed by atoms with Crippen LogP contribution in [0.25, 0.3) is 0 Å². The number of fused-ring (bicyclic) bond motifs is 1. The van der Waals surface area contributed by atoms with Crippen LogP contribution in [-0.4, -0.2) is 66.8 Å². The molecule has 0 aliphatic carbocycles. The molecule has 5 nitrogen and oxygen atoms in total. The molecule has 3 saturated heterocycles. The Morgan fingerprint density at radius 2 is 2.18 bits per heavy atom. The number of morpholine rings is 1. The Hall–Kier alpha value is -0.950. The Kier molecular flexibility index (Phi) is 4.17. The van der Waals surface area contributed by atoms with Gasteiger partial charge in [-0.1, -0.05) is 6.07 Å². The lowest BCUT2D eigenvalue weighted by molar-refractivity contribution is -0.146. The first kappa shape index (κ1) is 14.6. The number of likely N-dealkylation sites (tertiary alicyclic amines) is 1. The molecule has 3 fully saturated rings. The SMILES string of the molecule is O=C([C@H]1C[C@H]2[C@H](CCN2Cc2cccs2)O1)N1CCOCC1. The number of carbonyl (C=O) groups is 1. The van der Waals surface area contributed by atoms with E-state index in [1.54, 1.807) is 11.3 Å². The average Bonchev–Trinajstić information content (AvgIpc) is 3.26. The van der Waals surface area contributed by atoms with E-state index in [2.05, 4.69) is 22.4 Å². The van der Waals surface area contributed by atoms with Crippen LogP contribution in [-0.2, 0) is 20.8 Å². The van der Waals surface area contributed by atoms with Crippen molar-refractivity contribution in [1.29, 1.82) is 0 Å². The van der Waals surface area contributed by atoms with Crippen molar-refractivity contribution in [3.63, 3.8) is 0 Å². The lowest BCUT2D eigenvalue weighted by atomic mass is 10.1. The molecule has 1 amide bonds. The molecule has 0 spiro atoms. The summed E-state index contributed by atoms with van der Waals surface area (Å²) in [7, 11) is 0. The van der Waals surface area contributed by atoms with E-state index in [1.165, 1.54) is 4.88 Å². The molecule has 1 aromatic heterocycles. The van der Waals surface area contributed by atoms with Gasteiger partial charge in [0.2, 0.25) is 0 Å². The second-order valence-electron chi connectivity index (χ2n) is 6.24. The van der Waals surface area contributed by atoms with Gasteiger partial charge in [-0.05, 0) is 17.9 Å². The monoisotopic (exact) mass is 322 g/mol. The maximum atomic E-state index is 12.6. The summed E-state index contributed by atoms with van der Waals surface area (Å²) in [6.07, 6.45) is 1.86. The highest BCUT2D eigenvalue weighted by atomic mass is 32.1. The third-order valence-electron chi connectivity index (χ3n) is 4.93. The minimum atomic E-state index is -0.251. The molecule has 120 valence electrons. The van der Waals surface area contributed by atoms with Crippen LogP contribution in [0.4, 0.5) is 0 Å². The summed E-state index contributed by atoms with van der Waals surface area (Å²) in [6, 6.07) is 4.69. The number of thiophene rings is 1. The lowest BCUT2D eigenvalue weighted by Gasteiger charge is -2.29. The van der Waals surface area contributed by atoms with Crippen LogP contribution < -0.4 is 0 Å². The van der Waals surface area contributed by atoms with Gasteiger partial charge in [-0.15, -0.1) is 11.3 Å². The van der Waals surface area contributed by atoms with Crippen LogP contribution in [0.5, 0.6) is 0 Å².